The number of aromatic nitrogens is 3. The maximum atomic E-state index is 11.6. The van der Waals surface area contributed by atoms with Crippen molar-refractivity contribution in [1.82, 2.24) is 14.5 Å². The van der Waals surface area contributed by atoms with Crippen LogP contribution in [0.1, 0.15) is 11.3 Å². The first-order chi connectivity index (χ1) is 7.65. The van der Waals surface area contributed by atoms with E-state index in [1.807, 2.05) is 6.07 Å². The van der Waals surface area contributed by atoms with Gasteiger partial charge in [0, 0.05) is 18.0 Å². The Hall–Kier alpha value is -2.17. The highest BCUT2D eigenvalue weighted by Crippen LogP contribution is 2.02. The molecule has 0 fully saturated rings. The van der Waals surface area contributed by atoms with Gasteiger partial charge in [-0.2, -0.15) is 0 Å². The Morgan fingerprint density at radius 3 is 2.81 bits per heavy atom. The van der Waals surface area contributed by atoms with E-state index in [1.54, 1.807) is 19.2 Å². The van der Waals surface area contributed by atoms with E-state index in [4.69, 9.17) is 5.73 Å². The molecule has 2 N–H and O–H groups in total. The molecular formula is C11H12N4O. The molecule has 5 heteroatoms. The van der Waals surface area contributed by atoms with Gasteiger partial charge in [-0.15, -0.1) is 0 Å². The van der Waals surface area contributed by atoms with Crippen LogP contribution < -0.4 is 11.3 Å². The van der Waals surface area contributed by atoms with Gasteiger partial charge in [-0.25, -0.2) is 9.97 Å². The Morgan fingerprint density at radius 2 is 2.19 bits per heavy atom. The smallest absolute Gasteiger partial charge is 0.253 e. The maximum Gasteiger partial charge on any atom is 0.253 e. The van der Waals surface area contributed by atoms with Gasteiger partial charge in [-0.05, 0) is 18.6 Å². The standard InChI is InChI=1S/C11H12N4O/c1-8-4-11(16)15(7-14-8)6-9-2-3-10(12)13-5-9/h2-5,7H,6H2,1H3,(H2,12,13). The molecule has 0 bridgehead atoms. The van der Waals surface area contributed by atoms with Crippen molar-refractivity contribution in [2.45, 2.75) is 13.5 Å². The van der Waals surface area contributed by atoms with Crippen molar-refractivity contribution in [3.8, 4) is 0 Å². The molecule has 0 aliphatic heterocycles. The Balaban J connectivity index is 2.27. The highest BCUT2D eigenvalue weighted by molar-refractivity contribution is 5.29. The number of pyridine rings is 1. The lowest BCUT2D eigenvalue weighted by molar-refractivity contribution is 0.728. The van der Waals surface area contributed by atoms with Crippen molar-refractivity contribution in [2.75, 3.05) is 5.73 Å². The predicted octanol–water partition coefficient (Wildman–Crippen LogP) is 0.577. The first kappa shape index (κ1) is 10.4. The van der Waals surface area contributed by atoms with Crippen molar-refractivity contribution in [1.29, 1.82) is 0 Å². The number of anilines is 1. The summed E-state index contributed by atoms with van der Waals surface area (Å²) in [6.07, 6.45) is 3.19. The number of nitrogen functional groups attached to an aromatic ring is 1. The minimum absolute atomic E-state index is 0.0654. The average Bonchev–Trinajstić information content (AvgIpc) is 2.25. The van der Waals surface area contributed by atoms with Gasteiger partial charge in [0.05, 0.1) is 12.9 Å². The Bertz CT molecular complexity index is 545. The van der Waals surface area contributed by atoms with E-state index in [9.17, 15) is 4.79 Å². The third-order valence-electron chi connectivity index (χ3n) is 2.22. The molecule has 82 valence electrons. The number of nitrogens with two attached hydrogens (primary N) is 1. The van der Waals surface area contributed by atoms with Gasteiger partial charge in [-0.3, -0.25) is 9.36 Å². The fourth-order valence-electron chi connectivity index (χ4n) is 1.36. The van der Waals surface area contributed by atoms with Crippen molar-refractivity contribution in [3.05, 3.63) is 52.3 Å². The van der Waals surface area contributed by atoms with Crippen LogP contribution in [0.3, 0.4) is 0 Å². The molecule has 0 aliphatic carbocycles. The van der Waals surface area contributed by atoms with E-state index in [1.165, 1.54) is 17.0 Å². The van der Waals surface area contributed by atoms with Crippen molar-refractivity contribution < 1.29 is 0 Å². The van der Waals surface area contributed by atoms with Crippen LogP contribution in [0.25, 0.3) is 0 Å². The van der Waals surface area contributed by atoms with Crippen LogP contribution >= 0.6 is 0 Å². The van der Waals surface area contributed by atoms with Crippen LogP contribution in [-0.4, -0.2) is 14.5 Å². The summed E-state index contributed by atoms with van der Waals surface area (Å²) in [5, 5.41) is 0. The van der Waals surface area contributed by atoms with Crippen LogP contribution in [0.5, 0.6) is 0 Å². The third kappa shape index (κ3) is 2.25. The molecule has 0 spiro atoms. The minimum atomic E-state index is -0.0654. The molecule has 0 atom stereocenters. The van der Waals surface area contributed by atoms with Crippen LogP contribution in [0, 0.1) is 6.92 Å². The highest BCUT2D eigenvalue weighted by atomic mass is 16.1. The van der Waals surface area contributed by atoms with Crippen LogP contribution in [0.4, 0.5) is 5.82 Å². The molecule has 2 aromatic heterocycles. The molecule has 0 radical (unpaired) electrons. The summed E-state index contributed by atoms with van der Waals surface area (Å²) >= 11 is 0. The summed E-state index contributed by atoms with van der Waals surface area (Å²) in [7, 11) is 0. The zero-order valence-corrected chi connectivity index (χ0v) is 8.92. The second-order valence-electron chi connectivity index (χ2n) is 3.59. The van der Waals surface area contributed by atoms with Gasteiger partial charge >= 0.3 is 0 Å². The first-order valence-electron chi connectivity index (χ1n) is 4.88. The predicted molar refractivity (Wildman–Crippen MR) is 61.0 cm³/mol. The van der Waals surface area contributed by atoms with Crippen molar-refractivity contribution in [3.63, 3.8) is 0 Å². The second-order valence-corrected chi connectivity index (χ2v) is 3.59. The number of rotatable bonds is 2. The number of nitrogens with zero attached hydrogens (tertiary/aromatic N) is 3. The summed E-state index contributed by atoms with van der Waals surface area (Å²) < 4.78 is 1.53. The van der Waals surface area contributed by atoms with Crippen LogP contribution in [-0.2, 0) is 6.54 Å². The van der Waals surface area contributed by atoms with E-state index in [0.717, 1.165) is 11.3 Å². The van der Waals surface area contributed by atoms with Gasteiger partial charge < -0.3 is 5.73 Å². The molecule has 16 heavy (non-hydrogen) atoms. The number of hydrogen-bond acceptors (Lipinski definition) is 4. The molecule has 0 aliphatic rings. The molecule has 2 rings (SSSR count). The highest BCUT2D eigenvalue weighted by Gasteiger charge is 1.99. The lowest BCUT2D eigenvalue weighted by atomic mass is 10.3. The van der Waals surface area contributed by atoms with E-state index >= 15 is 0 Å². The van der Waals surface area contributed by atoms with Gasteiger partial charge in [0.2, 0.25) is 0 Å². The van der Waals surface area contributed by atoms with Gasteiger partial charge in [0.15, 0.2) is 0 Å². The summed E-state index contributed by atoms with van der Waals surface area (Å²) in [6, 6.07) is 5.06. The molecule has 0 amide bonds. The van der Waals surface area contributed by atoms with Crippen molar-refractivity contribution in [2.24, 2.45) is 0 Å². The van der Waals surface area contributed by atoms with E-state index < -0.39 is 0 Å². The molecule has 0 saturated carbocycles. The Labute approximate surface area is 92.6 Å². The van der Waals surface area contributed by atoms with Gasteiger partial charge in [-0.1, -0.05) is 6.07 Å². The molecule has 0 aromatic carbocycles. The zero-order valence-electron chi connectivity index (χ0n) is 8.92. The Kier molecular flexibility index (Phi) is 2.68. The van der Waals surface area contributed by atoms with E-state index in [2.05, 4.69) is 9.97 Å². The summed E-state index contributed by atoms with van der Waals surface area (Å²) in [4.78, 5) is 19.6. The molecule has 5 nitrogen and oxygen atoms in total. The third-order valence-corrected chi connectivity index (χ3v) is 2.22. The molecule has 2 aromatic rings. The first-order valence-corrected chi connectivity index (χ1v) is 4.88. The molecule has 2 heterocycles. The summed E-state index contributed by atoms with van der Waals surface area (Å²) in [6.45, 7) is 2.25. The van der Waals surface area contributed by atoms with Crippen LogP contribution in [0.15, 0.2) is 35.5 Å². The largest absolute Gasteiger partial charge is 0.384 e. The SMILES string of the molecule is Cc1cc(=O)n(Cc2ccc(N)nc2)cn1. The zero-order chi connectivity index (χ0) is 11.5. The molecule has 0 unspecified atom stereocenters. The fraction of sp³-hybridized carbons (Fsp3) is 0.182. The van der Waals surface area contributed by atoms with Crippen molar-refractivity contribution >= 4 is 5.82 Å². The lowest BCUT2D eigenvalue weighted by Crippen LogP contribution is -2.20. The monoisotopic (exact) mass is 216 g/mol. The maximum absolute atomic E-state index is 11.6. The normalized spacial score (nSPS) is 10.3. The fourth-order valence-corrected chi connectivity index (χ4v) is 1.36. The van der Waals surface area contributed by atoms with E-state index in [-0.39, 0.29) is 5.56 Å². The van der Waals surface area contributed by atoms with Crippen LogP contribution in [0.2, 0.25) is 0 Å². The number of hydrogen-bond donors (Lipinski definition) is 1. The minimum Gasteiger partial charge on any atom is -0.384 e. The average molecular weight is 216 g/mol. The van der Waals surface area contributed by atoms with Gasteiger partial charge in [0.1, 0.15) is 5.82 Å². The quantitative estimate of drug-likeness (QED) is 0.796. The molecular weight excluding hydrogens is 204 g/mol. The Morgan fingerprint density at radius 1 is 1.38 bits per heavy atom. The summed E-state index contributed by atoms with van der Waals surface area (Å²) in [5.41, 5.74) is 7.05. The van der Waals surface area contributed by atoms with E-state index in [0.29, 0.717) is 12.4 Å². The summed E-state index contributed by atoms with van der Waals surface area (Å²) in [5.74, 6) is 0.470. The number of aryl methyl sites for hydroxylation is 1. The lowest BCUT2D eigenvalue weighted by Gasteiger charge is -2.05. The molecule has 0 saturated heterocycles. The van der Waals surface area contributed by atoms with Gasteiger partial charge in [0.25, 0.3) is 5.56 Å². The second kappa shape index (κ2) is 4.14. The topological polar surface area (TPSA) is 73.8 Å².